The van der Waals surface area contributed by atoms with Gasteiger partial charge in [-0.1, -0.05) is 11.6 Å². The highest BCUT2D eigenvalue weighted by Crippen LogP contribution is 2.22. The van der Waals surface area contributed by atoms with Crippen molar-refractivity contribution < 1.29 is 12.8 Å². The molecule has 100 valence electrons. The first-order valence-corrected chi connectivity index (χ1v) is 7.53. The molecule has 2 rings (SSSR count). The molecule has 1 aliphatic heterocycles. The monoisotopic (exact) mass is 292 g/mol. The van der Waals surface area contributed by atoms with Gasteiger partial charge in [0.2, 0.25) is 10.0 Å². The molecule has 1 aromatic rings. The third kappa shape index (κ3) is 3.20. The van der Waals surface area contributed by atoms with Crippen molar-refractivity contribution in [3.63, 3.8) is 0 Å². The highest BCUT2D eigenvalue weighted by atomic mass is 35.5. The van der Waals surface area contributed by atoms with Crippen LogP contribution in [-0.2, 0) is 10.0 Å². The third-order valence-electron chi connectivity index (χ3n) is 2.80. The summed E-state index contributed by atoms with van der Waals surface area (Å²) in [4.78, 5) is -0.0869. The number of benzene rings is 1. The predicted octanol–water partition coefficient (Wildman–Crippen LogP) is 1.51. The Morgan fingerprint density at radius 3 is 2.83 bits per heavy atom. The molecule has 1 aliphatic rings. The van der Waals surface area contributed by atoms with Crippen molar-refractivity contribution in [2.24, 2.45) is 0 Å². The van der Waals surface area contributed by atoms with Gasteiger partial charge in [-0.2, -0.15) is 0 Å². The van der Waals surface area contributed by atoms with E-state index in [1.54, 1.807) is 0 Å². The van der Waals surface area contributed by atoms with Gasteiger partial charge in [0.25, 0.3) is 0 Å². The Kier molecular flexibility index (Phi) is 4.21. The average Bonchev–Trinajstić information content (AvgIpc) is 2.29. The zero-order valence-corrected chi connectivity index (χ0v) is 11.2. The Bertz CT molecular complexity index is 530. The van der Waals surface area contributed by atoms with E-state index in [0.29, 0.717) is 6.54 Å². The number of nitrogens with one attached hydrogen (secondary N) is 2. The minimum Gasteiger partial charge on any atom is -0.315 e. The summed E-state index contributed by atoms with van der Waals surface area (Å²) in [7, 11) is -3.70. The number of halogens is 2. The van der Waals surface area contributed by atoms with E-state index in [4.69, 9.17) is 11.6 Å². The van der Waals surface area contributed by atoms with Crippen molar-refractivity contribution in [3.05, 3.63) is 29.0 Å². The molecular formula is C11H14ClFN2O2S. The van der Waals surface area contributed by atoms with Crippen LogP contribution in [0.4, 0.5) is 4.39 Å². The van der Waals surface area contributed by atoms with Gasteiger partial charge >= 0.3 is 0 Å². The van der Waals surface area contributed by atoms with Crippen molar-refractivity contribution in [1.82, 2.24) is 10.0 Å². The summed E-state index contributed by atoms with van der Waals surface area (Å²) in [6, 6.07) is 3.11. The van der Waals surface area contributed by atoms with Crippen LogP contribution >= 0.6 is 11.6 Å². The average molecular weight is 293 g/mol. The van der Waals surface area contributed by atoms with Gasteiger partial charge in [-0.05, 0) is 37.6 Å². The maximum absolute atomic E-state index is 12.9. The molecule has 0 bridgehead atoms. The van der Waals surface area contributed by atoms with Gasteiger partial charge in [0, 0.05) is 12.6 Å². The molecule has 1 saturated heterocycles. The summed E-state index contributed by atoms with van der Waals surface area (Å²) in [6.45, 7) is 1.49. The van der Waals surface area contributed by atoms with Crippen LogP contribution < -0.4 is 10.0 Å². The van der Waals surface area contributed by atoms with E-state index in [2.05, 4.69) is 10.0 Å². The smallest absolute Gasteiger partial charge is 0.242 e. The molecule has 1 fully saturated rings. The second-order valence-corrected chi connectivity index (χ2v) is 6.33. The fourth-order valence-electron chi connectivity index (χ4n) is 1.93. The van der Waals surface area contributed by atoms with E-state index in [1.165, 1.54) is 6.07 Å². The Morgan fingerprint density at radius 1 is 1.44 bits per heavy atom. The lowest BCUT2D eigenvalue weighted by molar-refractivity contribution is 0.428. The normalized spacial score (nSPS) is 20.9. The minimum absolute atomic E-state index is 0.0869. The number of hydrogen-bond acceptors (Lipinski definition) is 3. The topological polar surface area (TPSA) is 58.2 Å². The molecule has 4 nitrogen and oxygen atoms in total. The second kappa shape index (κ2) is 5.52. The van der Waals surface area contributed by atoms with Crippen LogP contribution in [0.15, 0.2) is 23.1 Å². The first-order chi connectivity index (χ1) is 8.49. The van der Waals surface area contributed by atoms with E-state index in [0.717, 1.165) is 31.5 Å². The van der Waals surface area contributed by atoms with Crippen LogP contribution in [0.25, 0.3) is 0 Å². The molecule has 18 heavy (non-hydrogen) atoms. The number of hydrogen-bond donors (Lipinski definition) is 2. The summed E-state index contributed by atoms with van der Waals surface area (Å²) < 4.78 is 39.6. The highest BCUT2D eigenvalue weighted by Gasteiger charge is 2.23. The molecule has 0 saturated carbocycles. The summed E-state index contributed by atoms with van der Waals surface area (Å²) in [6.07, 6.45) is 1.70. The number of rotatable bonds is 3. The van der Waals surface area contributed by atoms with Gasteiger partial charge in [0.1, 0.15) is 10.7 Å². The van der Waals surface area contributed by atoms with Gasteiger partial charge in [-0.3, -0.25) is 0 Å². The number of sulfonamides is 1. The molecule has 0 amide bonds. The largest absolute Gasteiger partial charge is 0.315 e. The van der Waals surface area contributed by atoms with Crippen LogP contribution in [0.5, 0.6) is 0 Å². The summed E-state index contributed by atoms with van der Waals surface area (Å²) in [5, 5.41) is 3.01. The maximum Gasteiger partial charge on any atom is 0.242 e. The minimum atomic E-state index is -3.70. The summed E-state index contributed by atoms with van der Waals surface area (Å²) in [5.74, 6) is -0.557. The van der Waals surface area contributed by atoms with E-state index >= 15 is 0 Å². The van der Waals surface area contributed by atoms with Crippen molar-refractivity contribution in [2.75, 3.05) is 13.1 Å². The first-order valence-electron chi connectivity index (χ1n) is 5.67. The van der Waals surface area contributed by atoms with E-state index in [1.807, 2.05) is 0 Å². The molecule has 1 unspecified atom stereocenters. The van der Waals surface area contributed by atoms with Crippen molar-refractivity contribution in [2.45, 2.75) is 23.8 Å². The Morgan fingerprint density at radius 2 is 2.22 bits per heavy atom. The van der Waals surface area contributed by atoms with Crippen LogP contribution in [0.3, 0.4) is 0 Å². The molecule has 1 aromatic carbocycles. The highest BCUT2D eigenvalue weighted by molar-refractivity contribution is 7.89. The van der Waals surface area contributed by atoms with Crippen LogP contribution in [0, 0.1) is 5.82 Å². The van der Waals surface area contributed by atoms with Crippen LogP contribution in [0.1, 0.15) is 12.8 Å². The zero-order valence-electron chi connectivity index (χ0n) is 9.62. The van der Waals surface area contributed by atoms with E-state index in [9.17, 15) is 12.8 Å². The summed E-state index contributed by atoms with van der Waals surface area (Å²) >= 11 is 5.76. The zero-order chi connectivity index (χ0) is 13.2. The van der Waals surface area contributed by atoms with E-state index in [-0.39, 0.29) is 16.0 Å². The molecule has 0 spiro atoms. The fourth-order valence-corrected chi connectivity index (χ4v) is 3.73. The second-order valence-electron chi connectivity index (χ2n) is 4.24. The van der Waals surface area contributed by atoms with Gasteiger partial charge in [0.15, 0.2) is 0 Å². The molecule has 0 aromatic heterocycles. The molecule has 1 atom stereocenters. The van der Waals surface area contributed by atoms with Gasteiger partial charge in [-0.25, -0.2) is 17.5 Å². The van der Waals surface area contributed by atoms with Crippen LogP contribution in [-0.4, -0.2) is 27.5 Å². The van der Waals surface area contributed by atoms with Crippen molar-refractivity contribution in [3.8, 4) is 0 Å². The van der Waals surface area contributed by atoms with Gasteiger partial charge in [-0.15, -0.1) is 0 Å². The molecule has 1 heterocycles. The predicted molar refractivity (Wildman–Crippen MR) is 67.6 cm³/mol. The molecule has 0 aliphatic carbocycles. The maximum atomic E-state index is 12.9. The quantitative estimate of drug-likeness (QED) is 0.888. The Balaban J connectivity index is 2.19. The SMILES string of the molecule is O=S(=O)(NC1CCCNC1)c1ccc(F)cc1Cl. The molecule has 0 radical (unpaired) electrons. The standard InChI is InChI=1S/C11H14ClFN2O2S/c12-10-6-8(13)3-4-11(10)18(16,17)15-9-2-1-5-14-7-9/h3-4,6,9,14-15H,1-2,5,7H2. The fraction of sp³-hybridized carbons (Fsp3) is 0.455. The lowest BCUT2D eigenvalue weighted by Gasteiger charge is -2.23. The molecular weight excluding hydrogens is 279 g/mol. The summed E-state index contributed by atoms with van der Waals surface area (Å²) in [5.41, 5.74) is 0. The Labute approximate surface area is 111 Å². The van der Waals surface area contributed by atoms with Gasteiger partial charge < -0.3 is 5.32 Å². The molecule has 2 N–H and O–H groups in total. The lowest BCUT2D eigenvalue weighted by atomic mass is 10.1. The number of piperidine rings is 1. The first kappa shape index (κ1) is 13.7. The Hall–Kier alpha value is -0.690. The molecule has 7 heteroatoms. The van der Waals surface area contributed by atoms with E-state index < -0.39 is 15.8 Å². The van der Waals surface area contributed by atoms with Crippen molar-refractivity contribution >= 4 is 21.6 Å². The third-order valence-corrected chi connectivity index (χ3v) is 4.81. The van der Waals surface area contributed by atoms with Crippen molar-refractivity contribution in [1.29, 1.82) is 0 Å². The van der Waals surface area contributed by atoms with Gasteiger partial charge in [0.05, 0.1) is 5.02 Å². The lowest BCUT2D eigenvalue weighted by Crippen LogP contribution is -2.45. The van der Waals surface area contributed by atoms with Crippen LogP contribution in [0.2, 0.25) is 5.02 Å².